The highest BCUT2D eigenvalue weighted by Gasteiger charge is 2.57. The molecule has 8 heteroatoms. The van der Waals surface area contributed by atoms with Gasteiger partial charge in [0.05, 0.1) is 23.3 Å². The molecule has 1 saturated carbocycles. The summed E-state index contributed by atoms with van der Waals surface area (Å²) in [5.74, 6) is -3.41. The van der Waals surface area contributed by atoms with Crippen molar-refractivity contribution in [2.24, 2.45) is 0 Å². The Balaban J connectivity index is 1.37. The number of hydrogen-bond acceptors (Lipinski definition) is 8. The summed E-state index contributed by atoms with van der Waals surface area (Å²) in [5, 5.41) is 11.4. The maximum absolute atomic E-state index is 12.8. The molecule has 5 atom stereocenters. The van der Waals surface area contributed by atoms with Crippen molar-refractivity contribution in [1.82, 2.24) is 0 Å². The van der Waals surface area contributed by atoms with Crippen molar-refractivity contribution in [3.05, 3.63) is 83.6 Å². The molecule has 0 aromatic heterocycles. The van der Waals surface area contributed by atoms with Crippen molar-refractivity contribution in [1.29, 1.82) is 0 Å². The molecule has 1 aliphatic carbocycles. The number of hydrogen-bond donors (Lipinski definition) is 1. The third-order valence-corrected chi connectivity index (χ3v) is 6.18. The van der Waals surface area contributed by atoms with Gasteiger partial charge >= 0.3 is 11.9 Å². The summed E-state index contributed by atoms with van der Waals surface area (Å²) in [6, 6.07) is 17.0. The first kappa shape index (κ1) is 22.7. The topological polar surface area (TPSA) is 101 Å². The van der Waals surface area contributed by atoms with E-state index in [1.165, 1.54) is 6.08 Å². The van der Waals surface area contributed by atoms with Crippen LogP contribution in [0.15, 0.2) is 72.5 Å². The van der Waals surface area contributed by atoms with Crippen LogP contribution in [0.3, 0.4) is 0 Å². The summed E-state index contributed by atoms with van der Waals surface area (Å²) in [6.45, 7) is -0.163. The highest BCUT2D eigenvalue weighted by molar-refractivity contribution is 5.90. The van der Waals surface area contributed by atoms with Gasteiger partial charge in [-0.05, 0) is 43.2 Å². The Morgan fingerprint density at radius 1 is 0.882 bits per heavy atom. The molecule has 0 unspecified atom stereocenters. The van der Waals surface area contributed by atoms with Gasteiger partial charge in [-0.25, -0.2) is 9.59 Å². The van der Waals surface area contributed by atoms with Crippen molar-refractivity contribution in [3.63, 3.8) is 0 Å². The largest absolute Gasteiger partial charge is 0.459 e. The van der Waals surface area contributed by atoms with Crippen LogP contribution in [0.4, 0.5) is 0 Å². The zero-order valence-electron chi connectivity index (χ0n) is 18.5. The fourth-order valence-electron chi connectivity index (χ4n) is 4.42. The van der Waals surface area contributed by atoms with E-state index in [0.717, 1.165) is 25.7 Å². The average molecular weight is 466 g/mol. The van der Waals surface area contributed by atoms with Gasteiger partial charge in [-0.1, -0.05) is 49.2 Å². The Kier molecular flexibility index (Phi) is 6.47. The smallest absolute Gasteiger partial charge is 0.343 e. The molecule has 1 saturated heterocycles. The van der Waals surface area contributed by atoms with Crippen LogP contribution in [0, 0.1) is 0 Å². The van der Waals surface area contributed by atoms with E-state index in [2.05, 4.69) is 0 Å². The molecule has 178 valence electrons. The first-order valence-electron chi connectivity index (χ1n) is 11.5. The van der Waals surface area contributed by atoms with Gasteiger partial charge < -0.3 is 28.8 Å². The van der Waals surface area contributed by atoms with Gasteiger partial charge in [0.2, 0.25) is 6.29 Å². The van der Waals surface area contributed by atoms with E-state index in [9.17, 15) is 14.7 Å². The average Bonchev–Trinajstić information content (AvgIpc) is 2.87. The lowest BCUT2D eigenvalue weighted by Crippen LogP contribution is -2.63. The molecule has 0 bridgehead atoms. The Bertz CT molecular complexity index is 1050. The second kappa shape index (κ2) is 9.68. The zero-order chi connectivity index (χ0) is 23.5. The summed E-state index contributed by atoms with van der Waals surface area (Å²) in [4.78, 5) is 25.1. The summed E-state index contributed by atoms with van der Waals surface area (Å²) >= 11 is 0. The van der Waals surface area contributed by atoms with Gasteiger partial charge in [0.15, 0.2) is 5.76 Å². The van der Waals surface area contributed by atoms with Crippen LogP contribution in [0.5, 0.6) is 0 Å². The second-order valence-corrected chi connectivity index (χ2v) is 8.57. The lowest BCUT2D eigenvalue weighted by Gasteiger charge is -2.50. The van der Waals surface area contributed by atoms with Crippen molar-refractivity contribution in [2.75, 3.05) is 6.61 Å². The second-order valence-electron chi connectivity index (χ2n) is 8.57. The number of ether oxygens (including phenoxy) is 5. The monoisotopic (exact) mass is 466 g/mol. The van der Waals surface area contributed by atoms with E-state index in [-0.39, 0.29) is 24.6 Å². The lowest BCUT2D eigenvalue weighted by molar-refractivity contribution is -0.412. The first-order chi connectivity index (χ1) is 16.5. The molecule has 0 amide bonds. The maximum Gasteiger partial charge on any atom is 0.343 e. The highest BCUT2D eigenvalue weighted by atomic mass is 16.8. The number of carbonyl (C=O) groups is 2. The molecule has 2 heterocycles. The highest BCUT2D eigenvalue weighted by Crippen LogP contribution is 2.42. The number of aliphatic hydroxyl groups is 1. The molecule has 3 aliphatic rings. The van der Waals surface area contributed by atoms with Crippen LogP contribution >= 0.6 is 0 Å². The Labute approximate surface area is 197 Å². The SMILES string of the molecule is O=C(OC[C@@H]1C=C(OC(=O)c2ccccc2)[C@]2(O)O[C@@H]3CCCC[C@H]3O[C@@H]2O1)c1ccccc1. The number of fused-ring (bicyclic) bond motifs is 2. The van der Waals surface area contributed by atoms with E-state index in [0.29, 0.717) is 11.1 Å². The van der Waals surface area contributed by atoms with Crippen molar-refractivity contribution < 1.29 is 38.4 Å². The molecule has 8 nitrogen and oxygen atoms in total. The molecule has 5 rings (SSSR count). The van der Waals surface area contributed by atoms with Gasteiger partial charge in [0.1, 0.15) is 12.7 Å². The van der Waals surface area contributed by atoms with Crippen molar-refractivity contribution >= 4 is 11.9 Å². The van der Waals surface area contributed by atoms with E-state index >= 15 is 0 Å². The van der Waals surface area contributed by atoms with Crippen LogP contribution in [0.1, 0.15) is 46.4 Å². The minimum atomic E-state index is -2.09. The molecule has 2 fully saturated rings. The van der Waals surface area contributed by atoms with Gasteiger partial charge in [-0.2, -0.15) is 0 Å². The third-order valence-electron chi connectivity index (χ3n) is 6.18. The minimum Gasteiger partial charge on any atom is -0.459 e. The number of rotatable bonds is 5. The van der Waals surface area contributed by atoms with E-state index in [4.69, 9.17) is 23.7 Å². The number of benzene rings is 2. The minimum absolute atomic E-state index is 0.137. The zero-order valence-corrected chi connectivity index (χ0v) is 18.5. The van der Waals surface area contributed by atoms with Crippen LogP contribution < -0.4 is 0 Å². The standard InChI is InChI=1S/C26H26O8/c27-23(17-9-3-1-4-10-17)30-16-19-15-22(33-24(28)18-11-5-2-6-12-18)26(29)25(31-19)32-20-13-7-8-14-21(20)34-26/h1-6,9-12,15,19-21,25,29H,7-8,13-14,16H2/t19-,20+,21+,25-,26-/m0/s1. The molecule has 2 aromatic carbocycles. The fourth-order valence-corrected chi connectivity index (χ4v) is 4.42. The molecule has 0 spiro atoms. The summed E-state index contributed by atoms with van der Waals surface area (Å²) in [5.41, 5.74) is 0.714. The third kappa shape index (κ3) is 4.63. The fraction of sp³-hybridized carbons (Fsp3) is 0.385. The van der Waals surface area contributed by atoms with E-state index in [1.54, 1.807) is 60.7 Å². The summed E-state index contributed by atoms with van der Waals surface area (Å²) < 4.78 is 29.0. The molecular weight excluding hydrogens is 440 g/mol. The molecule has 2 aromatic rings. The molecule has 2 aliphatic heterocycles. The summed E-state index contributed by atoms with van der Waals surface area (Å²) in [6.07, 6.45) is 2.19. The van der Waals surface area contributed by atoms with Crippen LogP contribution in [0.25, 0.3) is 0 Å². The van der Waals surface area contributed by atoms with Crippen LogP contribution in [-0.4, -0.2) is 54.0 Å². The lowest BCUT2D eigenvalue weighted by atomic mass is 9.92. The number of esters is 2. The van der Waals surface area contributed by atoms with Gasteiger partial charge in [0.25, 0.3) is 5.79 Å². The van der Waals surface area contributed by atoms with Gasteiger partial charge in [-0.3, -0.25) is 0 Å². The Morgan fingerprint density at radius 3 is 2.18 bits per heavy atom. The van der Waals surface area contributed by atoms with Gasteiger partial charge in [-0.15, -0.1) is 0 Å². The Morgan fingerprint density at radius 2 is 1.50 bits per heavy atom. The predicted molar refractivity (Wildman–Crippen MR) is 118 cm³/mol. The molecule has 34 heavy (non-hydrogen) atoms. The first-order valence-corrected chi connectivity index (χ1v) is 11.5. The van der Waals surface area contributed by atoms with E-state index < -0.39 is 30.1 Å². The van der Waals surface area contributed by atoms with E-state index in [1.807, 2.05) is 0 Å². The van der Waals surface area contributed by atoms with Crippen LogP contribution in [0.2, 0.25) is 0 Å². The Hall–Kier alpha value is -3.04. The van der Waals surface area contributed by atoms with Crippen molar-refractivity contribution in [3.8, 4) is 0 Å². The van der Waals surface area contributed by atoms with Crippen LogP contribution in [-0.2, 0) is 23.7 Å². The number of carbonyl (C=O) groups excluding carboxylic acids is 2. The maximum atomic E-state index is 12.8. The summed E-state index contributed by atoms with van der Waals surface area (Å²) in [7, 11) is 0. The molecule has 0 radical (unpaired) electrons. The molecule has 1 N–H and O–H groups in total. The van der Waals surface area contributed by atoms with Crippen molar-refractivity contribution in [2.45, 2.75) is 56.1 Å². The quantitative estimate of drug-likeness (QED) is 0.670. The normalized spacial score (nSPS) is 30.3. The molecular formula is C26H26O8. The predicted octanol–water partition coefficient (Wildman–Crippen LogP) is 3.36. The van der Waals surface area contributed by atoms with Gasteiger partial charge in [0, 0.05) is 0 Å².